The summed E-state index contributed by atoms with van der Waals surface area (Å²) in [6.07, 6.45) is 13.1. The van der Waals surface area contributed by atoms with Gasteiger partial charge in [0.1, 0.15) is 0 Å². The van der Waals surface area contributed by atoms with E-state index in [2.05, 4.69) is 35.8 Å². The Morgan fingerprint density at radius 2 is 2.09 bits per heavy atom. The fraction of sp³-hybridized carbons (Fsp3) is 0.200. The van der Waals surface area contributed by atoms with Gasteiger partial charge in [-0.25, -0.2) is 0 Å². The van der Waals surface area contributed by atoms with E-state index in [1.165, 1.54) is 10.5 Å². The van der Waals surface area contributed by atoms with E-state index in [0.29, 0.717) is 0 Å². The van der Waals surface area contributed by atoms with Crippen molar-refractivity contribution in [3.05, 3.63) is 46.3 Å². The van der Waals surface area contributed by atoms with Crippen LogP contribution in [0.4, 0.5) is 0 Å². The average molecular weight is 162 g/mol. The topological polar surface area (TPSA) is 0 Å². The van der Waals surface area contributed by atoms with Crippen LogP contribution >= 0.6 is 11.8 Å². The largest absolute Gasteiger partial charge is 0.102 e. The molecule has 1 heteroatoms. The molecule has 2 aliphatic rings. The minimum absolute atomic E-state index is 1.11. The van der Waals surface area contributed by atoms with Crippen LogP contribution in [0.25, 0.3) is 0 Å². The molecule has 0 saturated carbocycles. The first-order chi connectivity index (χ1) is 5.47. The smallest absolute Gasteiger partial charge is 0.00228 e. The average Bonchev–Trinajstić information content (AvgIpc) is 2.58. The summed E-state index contributed by atoms with van der Waals surface area (Å²) >= 11 is 1.86. The Balaban J connectivity index is 2.20. The highest BCUT2D eigenvalue weighted by Crippen LogP contribution is 2.33. The molecule has 0 fully saturated rings. The summed E-state index contributed by atoms with van der Waals surface area (Å²) < 4.78 is 0. The molecule has 1 aliphatic heterocycles. The van der Waals surface area contributed by atoms with Crippen LogP contribution in [0.15, 0.2) is 46.3 Å². The quantitative estimate of drug-likeness (QED) is 0.526. The summed E-state index contributed by atoms with van der Waals surface area (Å²) in [5.74, 6) is 0. The van der Waals surface area contributed by atoms with E-state index >= 15 is 0 Å². The highest BCUT2D eigenvalue weighted by molar-refractivity contribution is 8.06. The lowest BCUT2D eigenvalue weighted by Crippen LogP contribution is -1.84. The molecular weight excluding hydrogens is 152 g/mol. The van der Waals surface area contributed by atoms with Gasteiger partial charge in [0.25, 0.3) is 0 Å². The van der Waals surface area contributed by atoms with Crippen LogP contribution in [0, 0.1) is 0 Å². The van der Waals surface area contributed by atoms with Crippen LogP contribution in [0.5, 0.6) is 0 Å². The first-order valence-corrected chi connectivity index (χ1v) is 4.72. The fourth-order valence-electron chi connectivity index (χ4n) is 1.26. The molecule has 0 aromatic rings. The lowest BCUT2D eigenvalue weighted by molar-refractivity contribution is 1.20. The Labute approximate surface area is 71.4 Å². The third-order valence-corrected chi connectivity index (χ3v) is 2.89. The number of allylic oxidation sites excluding steroid dienone is 7. The van der Waals surface area contributed by atoms with Crippen LogP contribution in [-0.4, -0.2) is 0 Å². The minimum Gasteiger partial charge on any atom is -0.102 e. The van der Waals surface area contributed by atoms with Gasteiger partial charge in [-0.3, -0.25) is 0 Å². The molecule has 1 heterocycles. The lowest BCUT2D eigenvalue weighted by Gasteiger charge is -2.05. The molecule has 0 amide bonds. The van der Waals surface area contributed by atoms with Crippen molar-refractivity contribution >= 4 is 11.8 Å². The van der Waals surface area contributed by atoms with Gasteiger partial charge in [-0.2, -0.15) is 0 Å². The molecule has 0 radical (unpaired) electrons. The van der Waals surface area contributed by atoms with Gasteiger partial charge in [0.05, 0.1) is 0 Å². The molecular formula is C10H10S. The predicted molar refractivity (Wildman–Crippen MR) is 51.3 cm³/mol. The maximum atomic E-state index is 2.22. The monoisotopic (exact) mass is 162 g/mol. The maximum Gasteiger partial charge on any atom is -0.00228 e. The highest BCUT2D eigenvalue weighted by atomic mass is 32.2. The summed E-state index contributed by atoms with van der Waals surface area (Å²) in [6.45, 7) is 0. The molecule has 1 aliphatic carbocycles. The predicted octanol–water partition coefficient (Wildman–Crippen LogP) is 3.41. The van der Waals surface area contributed by atoms with Crippen molar-refractivity contribution in [3.8, 4) is 0 Å². The SMILES string of the molecule is C1=CCC(=C2CC=CS2)C=C1. The van der Waals surface area contributed by atoms with Gasteiger partial charge in [0, 0.05) is 0 Å². The van der Waals surface area contributed by atoms with Gasteiger partial charge in [-0.1, -0.05) is 30.4 Å². The summed E-state index contributed by atoms with van der Waals surface area (Å²) in [7, 11) is 0. The lowest BCUT2D eigenvalue weighted by atomic mass is 10.1. The number of hydrogen-bond donors (Lipinski definition) is 0. The van der Waals surface area contributed by atoms with E-state index in [4.69, 9.17) is 0 Å². The van der Waals surface area contributed by atoms with Crippen molar-refractivity contribution in [1.29, 1.82) is 0 Å². The van der Waals surface area contributed by atoms with E-state index in [0.717, 1.165) is 12.8 Å². The van der Waals surface area contributed by atoms with Crippen molar-refractivity contribution < 1.29 is 0 Å². The molecule has 2 rings (SSSR count). The van der Waals surface area contributed by atoms with Gasteiger partial charge in [-0.05, 0) is 28.7 Å². The Morgan fingerprint density at radius 1 is 1.09 bits per heavy atom. The summed E-state index contributed by atoms with van der Waals surface area (Å²) in [6, 6.07) is 0. The Morgan fingerprint density at radius 3 is 2.73 bits per heavy atom. The maximum absolute atomic E-state index is 2.22. The molecule has 0 nitrogen and oxygen atoms in total. The molecule has 56 valence electrons. The van der Waals surface area contributed by atoms with E-state index < -0.39 is 0 Å². The van der Waals surface area contributed by atoms with E-state index in [1.54, 1.807) is 0 Å². The highest BCUT2D eigenvalue weighted by Gasteiger charge is 2.06. The zero-order chi connectivity index (χ0) is 7.52. The second-order valence-corrected chi connectivity index (χ2v) is 3.63. The normalized spacial score (nSPS) is 28.4. The molecule has 0 unspecified atom stereocenters. The molecule has 0 saturated heterocycles. The third kappa shape index (κ3) is 1.48. The number of hydrogen-bond acceptors (Lipinski definition) is 1. The first kappa shape index (κ1) is 6.99. The molecule has 11 heavy (non-hydrogen) atoms. The van der Waals surface area contributed by atoms with Gasteiger partial charge >= 0.3 is 0 Å². The van der Waals surface area contributed by atoms with Crippen molar-refractivity contribution in [2.75, 3.05) is 0 Å². The van der Waals surface area contributed by atoms with Crippen LogP contribution < -0.4 is 0 Å². The van der Waals surface area contributed by atoms with Crippen LogP contribution in [0.3, 0.4) is 0 Å². The molecule has 0 aromatic carbocycles. The Kier molecular flexibility index (Phi) is 1.99. The van der Waals surface area contributed by atoms with Crippen molar-refractivity contribution in [2.24, 2.45) is 0 Å². The van der Waals surface area contributed by atoms with Crippen LogP contribution in [-0.2, 0) is 0 Å². The fourth-order valence-corrected chi connectivity index (χ4v) is 2.11. The Hall–Kier alpha value is -0.690. The standard InChI is InChI=1S/C10H10S/c1-2-5-9(6-3-1)10-7-4-8-11-10/h1-5,8H,6-7H2. The second-order valence-electron chi connectivity index (χ2n) is 2.63. The molecule has 0 N–H and O–H groups in total. The zero-order valence-electron chi connectivity index (χ0n) is 6.29. The van der Waals surface area contributed by atoms with Crippen molar-refractivity contribution in [1.82, 2.24) is 0 Å². The van der Waals surface area contributed by atoms with Crippen molar-refractivity contribution in [2.45, 2.75) is 12.8 Å². The van der Waals surface area contributed by atoms with Gasteiger partial charge < -0.3 is 0 Å². The molecule has 0 aromatic heterocycles. The zero-order valence-corrected chi connectivity index (χ0v) is 7.10. The van der Waals surface area contributed by atoms with Crippen molar-refractivity contribution in [3.63, 3.8) is 0 Å². The van der Waals surface area contributed by atoms with E-state index in [9.17, 15) is 0 Å². The van der Waals surface area contributed by atoms with Gasteiger partial charge in [0.2, 0.25) is 0 Å². The van der Waals surface area contributed by atoms with Gasteiger partial charge in [0.15, 0.2) is 0 Å². The molecule has 0 atom stereocenters. The summed E-state index contributed by atoms with van der Waals surface area (Å²) in [5, 5.41) is 2.18. The van der Waals surface area contributed by atoms with Gasteiger partial charge in [-0.15, -0.1) is 11.8 Å². The number of rotatable bonds is 0. The summed E-state index contributed by atoms with van der Waals surface area (Å²) in [4.78, 5) is 1.52. The Bertz CT molecular complexity index is 257. The minimum atomic E-state index is 1.11. The van der Waals surface area contributed by atoms with E-state index in [-0.39, 0.29) is 0 Å². The second kappa shape index (κ2) is 3.14. The van der Waals surface area contributed by atoms with Crippen LogP contribution in [0.2, 0.25) is 0 Å². The molecule has 0 bridgehead atoms. The summed E-state index contributed by atoms with van der Waals surface area (Å²) in [5.41, 5.74) is 1.49. The van der Waals surface area contributed by atoms with E-state index in [1.807, 2.05) is 11.8 Å². The molecule has 0 spiro atoms. The van der Waals surface area contributed by atoms with Crippen LogP contribution in [0.1, 0.15) is 12.8 Å². The third-order valence-electron chi connectivity index (χ3n) is 1.85. The first-order valence-electron chi connectivity index (χ1n) is 3.84. The number of thioether (sulfide) groups is 1.